The number of allylic oxidation sites excluding steroid dienone is 1. The van der Waals surface area contributed by atoms with Crippen LogP contribution in [-0.4, -0.2) is 36.9 Å². The molecule has 1 fully saturated rings. The Kier molecular flexibility index (Phi) is 5.74. The van der Waals surface area contributed by atoms with Crippen LogP contribution in [-0.2, 0) is 16.3 Å². The van der Waals surface area contributed by atoms with E-state index in [1.165, 1.54) is 32.6 Å². The Bertz CT molecular complexity index is 947. The van der Waals surface area contributed by atoms with Gasteiger partial charge in [-0.15, -0.1) is 0 Å². The highest BCUT2D eigenvalue weighted by atomic mass is 32.2. The van der Waals surface area contributed by atoms with E-state index in [-0.39, 0.29) is 23.6 Å². The highest BCUT2D eigenvalue weighted by Gasteiger charge is 2.21. The molecular weight excluding hydrogens is 369 g/mol. The Balaban J connectivity index is 1.89. The molecule has 0 amide bonds. The summed E-state index contributed by atoms with van der Waals surface area (Å²) in [5.41, 5.74) is 1.99. The van der Waals surface area contributed by atoms with Crippen molar-refractivity contribution in [3.05, 3.63) is 36.2 Å². The largest absolute Gasteiger partial charge is 0.491 e. The second-order valence-corrected chi connectivity index (χ2v) is 9.48. The third-order valence-electron chi connectivity index (χ3n) is 5.02. The lowest BCUT2D eigenvalue weighted by molar-refractivity contribution is 0.387. The van der Waals surface area contributed by atoms with Crippen LogP contribution < -0.4 is 10.1 Å². The second-order valence-electron chi connectivity index (χ2n) is 7.22. The number of pyridine rings is 1. The van der Waals surface area contributed by atoms with Crippen LogP contribution in [0.15, 0.2) is 24.7 Å². The second kappa shape index (κ2) is 7.88. The minimum atomic E-state index is -3.11. The van der Waals surface area contributed by atoms with Gasteiger partial charge >= 0.3 is 0 Å². The van der Waals surface area contributed by atoms with E-state index in [1.54, 1.807) is 16.8 Å². The molecule has 0 radical (unpaired) electrons. The molecule has 0 saturated heterocycles. The number of halogens is 1. The van der Waals surface area contributed by atoms with Crippen LogP contribution in [0.25, 0.3) is 5.65 Å². The molecule has 1 N–H and O–H groups in total. The molecule has 2 aromatic heterocycles. The smallest absolute Gasteiger partial charge is 0.210 e. The molecule has 1 aliphatic rings. The lowest BCUT2D eigenvalue weighted by atomic mass is 9.87. The maximum atomic E-state index is 14.9. The van der Waals surface area contributed by atoms with Crippen LogP contribution in [0.4, 0.5) is 10.1 Å². The summed E-state index contributed by atoms with van der Waals surface area (Å²) in [6.45, 7) is 4.14. The van der Waals surface area contributed by atoms with Gasteiger partial charge in [-0.05, 0) is 18.8 Å². The molecule has 0 bridgehead atoms. The summed E-state index contributed by atoms with van der Waals surface area (Å²) in [5.74, 6) is -0.154. The highest BCUT2D eigenvalue weighted by molar-refractivity contribution is 7.90. The molecule has 0 spiro atoms. The van der Waals surface area contributed by atoms with Gasteiger partial charge in [0.1, 0.15) is 15.5 Å². The Morgan fingerprint density at radius 2 is 2.07 bits per heavy atom. The zero-order chi connectivity index (χ0) is 19.6. The third kappa shape index (κ3) is 4.61. The van der Waals surface area contributed by atoms with Gasteiger partial charge in [-0.3, -0.25) is 0 Å². The van der Waals surface area contributed by atoms with Crippen molar-refractivity contribution in [1.29, 1.82) is 0 Å². The number of nitrogens with zero attached hydrogens (tertiary/aromatic N) is 2. The van der Waals surface area contributed by atoms with Crippen molar-refractivity contribution < 1.29 is 17.5 Å². The van der Waals surface area contributed by atoms with Crippen molar-refractivity contribution in [2.75, 3.05) is 24.4 Å². The molecular formula is C19H26FN3O3S. The van der Waals surface area contributed by atoms with Crippen molar-refractivity contribution in [3.8, 4) is 5.75 Å². The molecule has 3 rings (SSSR count). The average molecular weight is 396 g/mol. The van der Waals surface area contributed by atoms with Crippen molar-refractivity contribution >= 4 is 21.2 Å². The molecule has 27 heavy (non-hydrogen) atoms. The number of aromatic nitrogens is 2. The average Bonchev–Trinajstić information content (AvgIpc) is 3.04. The molecule has 6 nitrogen and oxygen atoms in total. The van der Waals surface area contributed by atoms with Crippen LogP contribution in [0.5, 0.6) is 5.75 Å². The van der Waals surface area contributed by atoms with Gasteiger partial charge in [-0.1, -0.05) is 25.8 Å². The van der Waals surface area contributed by atoms with E-state index in [0.29, 0.717) is 17.3 Å². The van der Waals surface area contributed by atoms with Gasteiger partial charge in [0, 0.05) is 30.8 Å². The normalized spacial score (nSPS) is 15.8. The van der Waals surface area contributed by atoms with Crippen molar-refractivity contribution in [2.24, 2.45) is 5.92 Å². The fourth-order valence-corrected chi connectivity index (χ4v) is 4.13. The molecule has 0 aliphatic heterocycles. The molecule has 148 valence electrons. The van der Waals surface area contributed by atoms with Gasteiger partial charge in [0.05, 0.1) is 18.6 Å². The maximum Gasteiger partial charge on any atom is 0.210 e. The first-order valence-corrected chi connectivity index (χ1v) is 11.2. The number of nitrogens with one attached hydrogen (secondary N) is 1. The zero-order valence-electron chi connectivity index (χ0n) is 15.8. The Hall–Kier alpha value is -2.09. The van der Waals surface area contributed by atoms with E-state index in [2.05, 4.69) is 16.9 Å². The van der Waals surface area contributed by atoms with Gasteiger partial charge in [-0.25, -0.2) is 13.4 Å². The number of imidazole rings is 1. The molecule has 1 aliphatic carbocycles. The Morgan fingerprint density at radius 1 is 1.37 bits per heavy atom. The van der Waals surface area contributed by atoms with Crippen LogP contribution in [0.3, 0.4) is 0 Å². The fourth-order valence-electron chi connectivity index (χ4n) is 3.55. The van der Waals surface area contributed by atoms with Gasteiger partial charge in [-0.2, -0.15) is 4.39 Å². The SMILES string of the molecule is C=C(Nc1cn2cc(CCS(C)(=O)=O)nc2c(F)c1OC)C1CCCCC1. The number of hydrogen-bond acceptors (Lipinski definition) is 5. The summed E-state index contributed by atoms with van der Waals surface area (Å²) in [6, 6.07) is 0. The minimum Gasteiger partial charge on any atom is -0.491 e. The van der Waals surface area contributed by atoms with Crippen molar-refractivity contribution in [1.82, 2.24) is 9.38 Å². The van der Waals surface area contributed by atoms with E-state index in [0.717, 1.165) is 18.5 Å². The van der Waals surface area contributed by atoms with Gasteiger partial charge in [0.2, 0.25) is 5.82 Å². The van der Waals surface area contributed by atoms with Crippen LogP contribution in [0.2, 0.25) is 0 Å². The predicted octanol–water partition coefficient (Wildman–Crippen LogP) is 3.58. The summed E-state index contributed by atoms with van der Waals surface area (Å²) < 4.78 is 44.5. The van der Waals surface area contributed by atoms with Crippen LogP contribution >= 0.6 is 0 Å². The number of aryl methyl sites for hydroxylation is 1. The first kappa shape index (κ1) is 19.7. The third-order valence-corrected chi connectivity index (χ3v) is 5.96. The predicted molar refractivity (Wildman–Crippen MR) is 104 cm³/mol. The summed E-state index contributed by atoms with van der Waals surface area (Å²) in [7, 11) is -1.70. The number of methoxy groups -OCH3 is 1. The number of ether oxygens (including phenoxy) is 1. The van der Waals surface area contributed by atoms with Crippen molar-refractivity contribution in [3.63, 3.8) is 0 Å². The summed E-state index contributed by atoms with van der Waals surface area (Å²) in [6.07, 6.45) is 10.5. The molecule has 2 heterocycles. The fraction of sp³-hybridized carbons (Fsp3) is 0.526. The number of sulfone groups is 1. The number of anilines is 1. The van der Waals surface area contributed by atoms with Crippen LogP contribution in [0.1, 0.15) is 37.8 Å². The number of fused-ring (bicyclic) bond motifs is 1. The maximum absolute atomic E-state index is 14.9. The van der Waals surface area contributed by atoms with Gasteiger partial charge in [0.25, 0.3) is 0 Å². The molecule has 2 aromatic rings. The summed E-state index contributed by atoms with van der Waals surface area (Å²) in [5, 5.41) is 3.23. The first-order valence-electron chi connectivity index (χ1n) is 9.16. The van der Waals surface area contributed by atoms with E-state index >= 15 is 0 Å². The van der Waals surface area contributed by atoms with Gasteiger partial charge in [0.15, 0.2) is 11.4 Å². The standard InChI is InChI=1S/C19H26FN3O3S/c1-13(14-7-5-4-6-8-14)21-16-12-23-11-15(9-10-27(3,24)25)22-19(23)17(20)18(16)26-2/h11-12,14,21H,1,4-10H2,2-3H3. The van der Waals surface area contributed by atoms with E-state index in [9.17, 15) is 12.8 Å². The van der Waals surface area contributed by atoms with Gasteiger partial charge < -0.3 is 14.5 Å². The number of hydrogen-bond donors (Lipinski definition) is 1. The molecule has 8 heteroatoms. The monoisotopic (exact) mass is 395 g/mol. The van der Waals surface area contributed by atoms with E-state index in [1.807, 2.05) is 0 Å². The minimum absolute atomic E-state index is 0.0285. The topological polar surface area (TPSA) is 72.7 Å². The Labute approximate surface area is 159 Å². The summed E-state index contributed by atoms with van der Waals surface area (Å²) in [4.78, 5) is 4.23. The van der Waals surface area contributed by atoms with Crippen molar-refractivity contribution in [2.45, 2.75) is 38.5 Å². The Morgan fingerprint density at radius 3 is 2.70 bits per heavy atom. The zero-order valence-corrected chi connectivity index (χ0v) is 16.6. The highest BCUT2D eigenvalue weighted by Crippen LogP contribution is 2.35. The molecule has 1 saturated carbocycles. The van der Waals surface area contributed by atoms with E-state index in [4.69, 9.17) is 4.74 Å². The molecule has 0 aromatic carbocycles. The van der Waals surface area contributed by atoms with Crippen LogP contribution in [0, 0.1) is 11.7 Å². The molecule has 0 atom stereocenters. The lowest BCUT2D eigenvalue weighted by Gasteiger charge is -2.25. The first-order chi connectivity index (χ1) is 12.8. The molecule has 0 unspecified atom stereocenters. The quantitative estimate of drug-likeness (QED) is 0.776. The summed E-state index contributed by atoms with van der Waals surface area (Å²) >= 11 is 0. The number of rotatable bonds is 7. The van der Waals surface area contributed by atoms with E-state index < -0.39 is 15.7 Å². The lowest BCUT2D eigenvalue weighted by Crippen LogP contribution is -2.15.